The summed E-state index contributed by atoms with van der Waals surface area (Å²) in [5, 5.41) is 5.62. The van der Waals surface area contributed by atoms with Gasteiger partial charge in [-0.1, -0.05) is 12.1 Å². The van der Waals surface area contributed by atoms with Crippen LogP contribution in [0.15, 0.2) is 48.5 Å². The SMILES string of the molecule is O=C(NCc1ccc(F)cc1)c1ccc(NC(=O)N2CCCC2)cc1. The molecule has 2 aromatic rings. The van der Waals surface area contributed by atoms with Gasteiger partial charge in [0, 0.05) is 30.9 Å². The first-order valence-electron chi connectivity index (χ1n) is 8.30. The van der Waals surface area contributed by atoms with Crippen LogP contribution >= 0.6 is 0 Å². The Kier molecular flexibility index (Phi) is 5.28. The maximum Gasteiger partial charge on any atom is 0.321 e. The molecule has 0 radical (unpaired) electrons. The number of anilines is 1. The lowest BCUT2D eigenvalue weighted by molar-refractivity contribution is 0.0951. The summed E-state index contributed by atoms with van der Waals surface area (Å²) in [7, 11) is 0. The van der Waals surface area contributed by atoms with Gasteiger partial charge in [-0.15, -0.1) is 0 Å². The van der Waals surface area contributed by atoms with E-state index in [1.165, 1.54) is 12.1 Å². The second-order valence-corrected chi connectivity index (χ2v) is 6.01. The van der Waals surface area contributed by atoms with Crippen molar-refractivity contribution in [2.45, 2.75) is 19.4 Å². The smallest absolute Gasteiger partial charge is 0.321 e. The van der Waals surface area contributed by atoms with Gasteiger partial charge in [0.2, 0.25) is 0 Å². The van der Waals surface area contributed by atoms with Gasteiger partial charge in [-0.3, -0.25) is 4.79 Å². The van der Waals surface area contributed by atoms with Crippen LogP contribution in [0.25, 0.3) is 0 Å². The molecule has 0 atom stereocenters. The first kappa shape index (κ1) is 17.0. The fourth-order valence-corrected chi connectivity index (χ4v) is 2.71. The molecule has 130 valence electrons. The summed E-state index contributed by atoms with van der Waals surface area (Å²) in [4.78, 5) is 26.0. The standard InChI is InChI=1S/C19H20FN3O2/c20-16-7-3-14(4-8-16)13-21-18(24)15-5-9-17(10-6-15)22-19(25)23-11-1-2-12-23/h3-10H,1-2,11-13H2,(H,21,24)(H,22,25). The van der Waals surface area contributed by atoms with Gasteiger partial charge in [0.15, 0.2) is 0 Å². The molecule has 1 fully saturated rings. The van der Waals surface area contributed by atoms with Crippen LogP contribution in [-0.2, 0) is 6.54 Å². The van der Waals surface area contributed by atoms with Gasteiger partial charge in [-0.25, -0.2) is 9.18 Å². The van der Waals surface area contributed by atoms with E-state index in [2.05, 4.69) is 10.6 Å². The Hall–Kier alpha value is -2.89. The number of benzene rings is 2. The van der Waals surface area contributed by atoms with Crippen molar-refractivity contribution in [3.05, 3.63) is 65.5 Å². The molecule has 5 nitrogen and oxygen atoms in total. The van der Waals surface area contributed by atoms with Crippen molar-refractivity contribution >= 4 is 17.6 Å². The Morgan fingerprint density at radius 3 is 2.24 bits per heavy atom. The molecule has 3 rings (SSSR count). The summed E-state index contributed by atoms with van der Waals surface area (Å²) in [5.74, 6) is -0.525. The van der Waals surface area contributed by atoms with E-state index in [9.17, 15) is 14.0 Å². The Balaban J connectivity index is 1.53. The second kappa shape index (κ2) is 7.79. The maximum absolute atomic E-state index is 12.9. The van der Waals surface area contributed by atoms with E-state index in [0.717, 1.165) is 31.5 Å². The molecule has 0 spiro atoms. The highest BCUT2D eigenvalue weighted by atomic mass is 19.1. The number of nitrogens with zero attached hydrogens (tertiary/aromatic N) is 1. The predicted molar refractivity (Wildman–Crippen MR) is 93.8 cm³/mol. The van der Waals surface area contributed by atoms with Crippen LogP contribution in [0.2, 0.25) is 0 Å². The summed E-state index contributed by atoms with van der Waals surface area (Å²) in [6.07, 6.45) is 2.08. The Bertz CT molecular complexity index is 738. The van der Waals surface area contributed by atoms with Gasteiger partial charge in [0.25, 0.3) is 5.91 Å². The van der Waals surface area contributed by atoms with E-state index in [4.69, 9.17) is 0 Å². The Labute approximate surface area is 145 Å². The molecular weight excluding hydrogens is 321 g/mol. The number of nitrogens with one attached hydrogen (secondary N) is 2. The predicted octanol–water partition coefficient (Wildman–Crippen LogP) is 3.38. The van der Waals surface area contributed by atoms with Crippen molar-refractivity contribution < 1.29 is 14.0 Å². The normalized spacial score (nSPS) is 13.6. The molecule has 2 N–H and O–H groups in total. The van der Waals surface area contributed by atoms with Crippen molar-refractivity contribution in [1.82, 2.24) is 10.2 Å². The average molecular weight is 341 g/mol. The first-order valence-corrected chi connectivity index (χ1v) is 8.30. The molecule has 2 aromatic carbocycles. The van der Waals surface area contributed by atoms with E-state index in [-0.39, 0.29) is 17.8 Å². The molecule has 1 aliphatic heterocycles. The monoisotopic (exact) mass is 341 g/mol. The van der Waals surface area contributed by atoms with Crippen LogP contribution in [0.1, 0.15) is 28.8 Å². The highest BCUT2D eigenvalue weighted by Crippen LogP contribution is 2.13. The first-order chi connectivity index (χ1) is 12.1. The van der Waals surface area contributed by atoms with Crippen molar-refractivity contribution in [2.24, 2.45) is 0 Å². The van der Waals surface area contributed by atoms with Crippen LogP contribution in [0.3, 0.4) is 0 Å². The number of urea groups is 1. The number of hydrogen-bond donors (Lipinski definition) is 2. The molecule has 1 aliphatic rings. The van der Waals surface area contributed by atoms with Gasteiger partial charge in [0.05, 0.1) is 0 Å². The molecule has 6 heteroatoms. The number of halogens is 1. The Morgan fingerprint density at radius 1 is 0.960 bits per heavy atom. The molecule has 1 heterocycles. The van der Waals surface area contributed by atoms with Crippen LogP contribution in [-0.4, -0.2) is 29.9 Å². The second-order valence-electron chi connectivity index (χ2n) is 6.01. The number of rotatable bonds is 4. The molecule has 25 heavy (non-hydrogen) atoms. The minimum atomic E-state index is -0.304. The topological polar surface area (TPSA) is 61.4 Å². The number of carbonyl (C=O) groups is 2. The lowest BCUT2D eigenvalue weighted by Crippen LogP contribution is -2.32. The summed E-state index contributed by atoms with van der Waals surface area (Å²) in [5.41, 5.74) is 1.98. The summed E-state index contributed by atoms with van der Waals surface area (Å²) < 4.78 is 12.9. The molecule has 3 amide bonds. The van der Waals surface area contributed by atoms with E-state index in [1.54, 1.807) is 41.3 Å². The lowest BCUT2D eigenvalue weighted by Gasteiger charge is -2.16. The molecule has 0 unspecified atom stereocenters. The van der Waals surface area contributed by atoms with Crippen molar-refractivity contribution in [3.8, 4) is 0 Å². The van der Waals surface area contributed by atoms with Gasteiger partial charge < -0.3 is 15.5 Å². The van der Waals surface area contributed by atoms with E-state index in [1.807, 2.05) is 0 Å². The fraction of sp³-hybridized carbons (Fsp3) is 0.263. The van der Waals surface area contributed by atoms with E-state index in [0.29, 0.717) is 17.8 Å². The van der Waals surface area contributed by atoms with Gasteiger partial charge in [-0.05, 0) is 54.8 Å². The summed E-state index contributed by atoms with van der Waals surface area (Å²) >= 11 is 0. The molecule has 0 aliphatic carbocycles. The lowest BCUT2D eigenvalue weighted by atomic mass is 10.1. The maximum atomic E-state index is 12.9. The molecular formula is C19H20FN3O2. The third-order valence-corrected chi connectivity index (χ3v) is 4.16. The third kappa shape index (κ3) is 4.56. The zero-order valence-corrected chi connectivity index (χ0v) is 13.8. The minimum absolute atomic E-state index is 0.106. The van der Waals surface area contributed by atoms with Crippen LogP contribution in [0.4, 0.5) is 14.9 Å². The number of carbonyl (C=O) groups excluding carboxylic acids is 2. The molecule has 0 saturated carbocycles. The highest BCUT2D eigenvalue weighted by Gasteiger charge is 2.17. The number of hydrogen-bond acceptors (Lipinski definition) is 2. The Morgan fingerprint density at radius 2 is 1.60 bits per heavy atom. The zero-order chi connectivity index (χ0) is 17.6. The van der Waals surface area contributed by atoms with Crippen molar-refractivity contribution in [3.63, 3.8) is 0 Å². The molecule has 0 aromatic heterocycles. The van der Waals surface area contributed by atoms with E-state index < -0.39 is 0 Å². The van der Waals surface area contributed by atoms with Gasteiger partial charge >= 0.3 is 6.03 Å². The largest absolute Gasteiger partial charge is 0.348 e. The van der Waals surface area contributed by atoms with Crippen LogP contribution in [0, 0.1) is 5.82 Å². The van der Waals surface area contributed by atoms with Crippen molar-refractivity contribution in [2.75, 3.05) is 18.4 Å². The quantitative estimate of drug-likeness (QED) is 0.895. The molecule has 0 bridgehead atoms. The summed E-state index contributed by atoms with van der Waals surface area (Å²) in [6.45, 7) is 1.90. The zero-order valence-electron chi connectivity index (χ0n) is 13.8. The third-order valence-electron chi connectivity index (χ3n) is 4.16. The van der Waals surface area contributed by atoms with Crippen molar-refractivity contribution in [1.29, 1.82) is 0 Å². The van der Waals surface area contributed by atoms with Crippen LogP contribution < -0.4 is 10.6 Å². The minimum Gasteiger partial charge on any atom is -0.348 e. The highest BCUT2D eigenvalue weighted by molar-refractivity contribution is 5.95. The van der Waals surface area contributed by atoms with Crippen LogP contribution in [0.5, 0.6) is 0 Å². The van der Waals surface area contributed by atoms with Gasteiger partial charge in [-0.2, -0.15) is 0 Å². The average Bonchev–Trinajstić information content (AvgIpc) is 3.16. The number of amides is 3. The fourth-order valence-electron chi connectivity index (χ4n) is 2.71. The van der Waals surface area contributed by atoms with Gasteiger partial charge in [0.1, 0.15) is 5.82 Å². The molecule has 1 saturated heterocycles. The number of likely N-dealkylation sites (tertiary alicyclic amines) is 1. The van der Waals surface area contributed by atoms with E-state index >= 15 is 0 Å². The summed E-state index contributed by atoms with van der Waals surface area (Å²) in [6, 6.07) is 12.6.